The molecule has 1 N–H and O–H groups in total. The first-order valence-electron chi connectivity index (χ1n) is 4.58. The van der Waals surface area contributed by atoms with Gasteiger partial charge in [0.25, 0.3) is 0 Å². The van der Waals surface area contributed by atoms with Crippen molar-refractivity contribution in [2.75, 3.05) is 6.54 Å². The average molecular weight is 141 g/mol. The van der Waals surface area contributed by atoms with E-state index >= 15 is 0 Å². The molecule has 1 fully saturated rings. The van der Waals surface area contributed by atoms with Crippen LogP contribution < -0.4 is 5.32 Å². The monoisotopic (exact) mass is 141 g/mol. The van der Waals surface area contributed by atoms with Gasteiger partial charge in [-0.1, -0.05) is 13.3 Å². The van der Waals surface area contributed by atoms with Crippen LogP contribution in [0.3, 0.4) is 0 Å². The summed E-state index contributed by atoms with van der Waals surface area (Å²) in [5.74, 6) is 0.957. The van der Waals surface area contributed by atoms with Gasteiger partial charge in [-0.2, -0.15) is 0 Å². The fraction of sp³-hybridized carbons (Fsp3) is 1.00. The van der Waals surface area contributed by atoms with Crippen LogP contribution in [0.25, 0.3) is 0 Å². The molecule has 0 radical (unpaired) electrons. The first-order valence-corrected chi connectivity index (χ1v) is 4.58. The van der Waals surface area contributed by atoms with Crippen LogP contribution >= 0.6 is 0 Å². The Balaban J connectivity index is 2.25. The lowest BCUT2D eigenvalue weighted by Crippen LogP contribution is -2.38. The summed E-state index contributed by atoms with van der Waals surface area (Å²) in [4.78, 5) is 0. The molecule has 0 saturated carbocycles. The normalized spacial score (nSPS) is 34.2. The lowest BCUT2D eigenvalue weighted by molar-refractivity contribution is 0.279. The van der Waals surface area contributed by atoms with Gasteiger partial charge in [0.1, 0.15) is 0 Å². The van der Waals surface area contributed by atoms with E-state index in [0.29, 0.717) is 0 Å². The SMILES string of the molecule is CCC[C@@H]1CCCNC1C. The molecule has 10 heavy (non-hydrogen) atoms. The molecular formula is C9H19N. The molecule has 0 amide bonds. The fourth-order valence-corrected chi connectivity index (χ4v) is 1.88. The van der Waals surface area contributed by atoms with E-state index in [2.05, 4.69) is 19.2 Å². The predicted molar refractivity (Wildman–Crippen MR) is 45.1 cm³/mol. The summed E-state index contributed by atoms with van der Waals surface area (Å²) in [6.07, 6.45) is 5.59. The highest BCUT2D eigenvalue weighted by Crippen LogP contribution is 2.20. The van der Waals surface area contributed by atoms with Crippen molar-refractivity contribution in [3.05, 3.63) is 0 Å². The topological polar surface area (TPSA) is 12.0 Å². The van der Waals surface area contributed by atoms with Crippen molar-refractivity contribution in [1.29, 1.82) is 0 Å². The highest BCUT2D eigenvalue weighted by molar-refractivity contribution is 4.76. The third kappa shape index (κ3) is 1.98. The van der Waals surface area contributed by atoms with Crippen molar-refractivity contribution in [3.63, 3.8) is 0 Å². The van der Waals surface area contributed by atoms with Crippen molar-refractivity contribution in [3.8, 4) is 0 Å². The van der Waals surface area contributed by atoms with Gasteiger partial charge in [0.2, 0.25) is 0 Å². The first-order chi connectivity index (χ1) is 4.84. The summed E-state index contributed by atoms with van der Waals surface area (Å²) >= 11 is 0. The Labute approximate surface area is 64.2 Å². The van der Waals surface area contributed by atoms with Gasteiger partial charge < -0.3 is 5.32 Å². The maximum atomic E-state index is 3.52. The lowest BCUT2D eigenvalue weighted by atomic mass is 9.88. The molecule has 2 atom stereocenters. The highest BCUT2D eigenvalue weighted by Gasteiger charge is 2.18. The van der Waals surface area contributed by atoms with Crippen molar-refractivity contribution in [2.24, 2.45) is 5.92 Å². The number of hydrogen-bond donors (Lipinski definition) is 1. The molecule has 1 heteroatoms. The van der Waals surface area contributed by atoms with Gasteiger partial charge >= 0.3 is 0 Å². The zero-order chi connectivity index (χ0) is 7.40. The summed E-state index contributed by atoms with van der Waals surface area (Å²) < 4.78 is 0. The quantitative estimate of drug-likeness (QED) is 0.621. The third-order valence-electron chi connectivity index (χ3n) is 2.58. The molecular weight excluding hydrogens is 122 g/mol. The summed E-state index contributed by atoms with van der Waals surface area (Å²) in [6, 6.07) is 0.772. The fourth-order valence-electron chi connectivity index (χ4n) is 1.88. The second kappa shape index (κ2) is 3.97. The molecule has 1 saturated heterocycles. The van der Waals surface area contributed by atoms with Crippen molar-refractivity contribution in [1.82, 2.24) is 5.32 Å². The van der Waals surface area contributed by atoms with Gasteiger partial charge in [-0.25, -0.2) is 0 Å². The molecule has 1 aliphatic rings. The van der Waals surface area contributed by atoms with Gasteiger partial charge in [0.15, 0.2) is 0 Å². The molecule has 0 aromatic rings. The first kappa shape index (κ1) is 8.06. The molecule has 1 aliphatic heterocycles. The number of rotatable bonds is 2. The van der Waals surface area contributed by atoms with Gasteiger partial charge in [0.05, 0.1) is 0 Å². The minimum absolute atomic E-state index is 0.772. The van der Waals surface area contributed by atoms with E-state index < -0.39 is 0 Å². The van der Waals surface area contributed by atoms with Crippen LogP contribution in [-0.2, 0) is 0 Å². The van der Waals surface area contributed by atoms with Crippen LogP contribution in [0.5, 0.6) is 0 Å². The van der Waals surface area contributed by atoms with Crippen molar-refractivity contribution < 1.29 is 0 Å². The molecule has 1 rings (SSSR count). The molecule has 0 bridgehead atoms. The highest BCUT2D eigenvalue weighted by atomic mass is 14.9. The van der Waals surface area contributed by atoms with E-state index in [-0.39, 0.29) is 0 Å². The smallest absolute Gasteiger partial charge is 0.00670 e. The molecule has 1 heterocycles. The van der Waals surface area contributed by atoms with E-state index in [1.54, 1.807) is 0 Å². The van der Waals surface area contributed by atoms with Gasteiger partial charge in [0, 0.05) is 6.04 Å². The lowest BCUT2D eigenvalue weighted by Gasteiger charge is -2.29. The van der Waals surface area contributed by atoms with E-state index in [1.165, 1.54) is 32.2 Å². The minimum Gasteiger partial charge on any atom is -0.314 e. The molecule has 0 aromatic carbocycles. The molecule has 0 aliphatic carbocycles. The molecule has 0 aromatic heterocycles. The Kier molecular flexibility index (Phi) is 3.20. The van der Waals surface area contributed by atoms with Crippen LogP contribution in [0.4, 0.5) is 0 Å². The second-order valence-electron chi connectivity index (χ2n) is 3.43. The maximum Gasteiger partial charge on any atom is 0.00670 e. The van der Waals surface area contributed by atoms with Gasteiger partial charge in [-0.3, -0.25) is 0 Å². The predicted octanol–water partition coefficient (Wildman–Crippen LogP) is 2.17. The van der Waals surface area contributed by atoms with Crippen LogP contribution in [0, 0.1) is 5.92 Å². The van der Waals surface area contributed by atoms with E-state index in [9.17, 15) is 0 Å². The Hall–Kier alpha value is -0.0400. The van der Waals surface area contributed by atoms with Crippen molar-refractivity contribution in [2.45, 2.75) is 45.6 Å². The molecule has 0 spiro atoms. The van der Waals surface area contributed by atoms with Crippen LogP contribution in [-0.4, -0.2) is 12.6 Å². The van der Waals surface area contributed by atoms with Crippen LogP contribution in [0.2, 0.25) is 0 Å². The number of nitrogens with one attached hydrogen (secondary N) is 1. The van der Waals surface area contributed by atoms with E-state index in [0.717, 1.165) is 12.0 Å². The molecule has 1 nitrogen and oxygen atoms in total. The molecule has 1 unspecified atom stereocenters. The summed E-state index contributed by atoms with van der Waals surface area (Å²) in [5.41, 5.74) is 0. The molecule has 60 valence electrons. The zero-order valence-corrected chi connectivity index (χ0v) is 7.19. The summed E-state index contributed by atoms with van der Waals surface area (Å²) in [5, 5.41) is 3.52. The van der Waals surface area contributed by atoms with Crippen molar-refractivity contribution >= 4 is 0 Å². The Morgan fingerprint density at radius 2 is 2.30 bits per heavy atom. The Morgan fingerprint density at radius 3 is 2.90 bits per heavy atom. The van der Waals surface area contributed by atoms with E-state index in [1.807, 2.05) is 0 Å². The number of piperidine rings is 1. The second-order valence-corrected chi connectivity index (χ2v) is 3.43. The Morgan fingerprint density at radius 1 is 1.50 bits per heavy atom. The Bertz CT molecular complexity index is 88.7. The summed E-state index contributed by atoms with van der Waals surface area (Å²) in [6.45, 7) is 5.84. The van der Waals surface area contributed by atoms with Gasteiger partial charge in [-0.05, 0) is 38.6 Å². The zero-order valence-electron chi connectivity index (χ0n) is 7.19. The third-order valence-corrected chi connectivity index (χ3v) is 2.58. The maximum absolute atomic E-state index is 3.52. The van der Waals surface area contributed by atoms with E-state index in [4.69, 9.17) is 0 Å². The number of hydrogen-bond acceptors (Lipinski definition) is 1. The minimum atomic E-state index is 0.772. The average Bonchev–Trinajstić information content (AvgIpc) is 1.94. The largest absolute Gasteiger partial charge is 0.314 e. The van der Waals surface area contributed by atoms with Crippen LogP contribution in [0.1, 0.15) is 39.5 Å². The standard InChI is InChI=1S/C9H19N/c1-3-5-9-6-4-7-10-8(9)2/h8-10H,3-7H2,1-2H3/t8?,9-/m1/s1. The summed E-state index contributed by atoms with van der Waals surface area (Å²) in [7, 11) is 0. The van der Waals surface area contributed by atoms with Crippen LogP contribution in [0.15, 0.2) is 0 Å². The van der Waals surface area contributed by atoms with Gasteiger partial charge in [-0.15, -0.1) is 0 Å².